The average Bonchev–Trinajstić information content (AvgIpc) is 3.22. The zero-order chi connectivity index (χ0) is 19.3. The van der Waals surface area contributed by atoms with E-state index < -0.39 is 17.0 Å². The fourth-order valence-corrected chi connectivity index (χ4v) is 3.69. The molecule has 0 radical (unpaired) electrons. The number of thioether (sulfide) groups is 1. The normalized spacial score (nSPS) is 11.5. The standard InChI is InChI=1S/C16H15N7O3S/c1-21-12(17)11(13(25)22(2)16(21)26)10(24)7-27-15-20-19-14-18-8-5-3-4-6-9(8)23(14)15/h3-6H,7,17H2,1-2H3,(H,18,19). The van der Waals surface area contributed by atoms with Gasteiger partial charge >= 0.3 is 5.69 Å². The van der Waals surface area contributed by atoms with Crippen LogP contribution in [0.25, 0.3) is 16.8 Å². The Bertz CT molecular complexity index is 1330. The molecule has 1 aromatic carbocycles. The first kappa shape index (κ1) is 17.1. The van der Waals surface area contributed by atoms with E-state index in [1.807, 2.05) is 24.3 Å². The average molecular weight is 385 g/mol. The van der Waals surface area contributed by atoms with Crippen molar-refractivity contribution in [2.45, 2.75) is 5.16 Å². The van der Waals surface area contributed by atoms with E-state index in [9.17, 15) is 14.4 Å². The maximum atomic E-state index is 12.6. The fraction of sp³-hybridized carbons (Fsp3) is 0.188. The maximum absolute atomic E-state index is 12.6. The summed E-state index contributed by atoms with van der Waals surface area (Å²) in [6, 6.07) is 7.55. The van der Waals surface area contributed by atoms with Crippen LogP contribution in [0.2, 0.25) is 0 Å². The monoisotopic (exact) mass is 385 g/mol. The zero-order valence-corrected chi connectivity index (χ0v) is 15.3. The molecular weight excluding hydrogens is 370 g/mol. The number of hydrogen-bond acceptors (Lipinski definition) is 7. The number of benzene rings is 1. The Morgan fingerprint density at radius 1 is 1.22 bits per heavy atom. The largest absolute Gasteiger partial charge is 0.384 e. The molecule has 3 heterocycles. The number of aromatic nitrogens is 6. The molecule has 0 atom stereocenters. The number of ketones is 1. The van der Waals surface area contributed by atoms with Gasteiger partial charge in [-0.3, -0.25) is 23.1 Å². The van der Waals surface area contributed by atoms with Crippen LogP contribution in [0.3, 0.4) is 0 Å². The lowest BCUT2D eigenvalue weighted by molar-refractivity contribution is 0.102. The molecule has 3 aromatic heterocycles. The Kier molecular flexibility index (Phi) is 3.88. The van der Waals surface area contributed by atoms with E-state index in [-0.39, 0.29) is 17.1 Å². The number of fused-ring (bicyclic) bond motifs is 3. The van der Waals surface area contributed by atoms with Crippen LogP contribution >= 0.6 is 11.8 Å². The molecule has 0 aliphatic heterocycles. The molecule has 0 amide bonds. The number of hydrogen-bond donors (Lipinski definition) is 2. The molecule has 27 heavy (non-hydrogen) atoms. The predicted octanol–water partition coefficient (Wildman–Crippen LogP) is 0.165. The van der Waals surface area contributed by atoms with E-state index in [1.54, 1.807) is 4.40 Å². The van der Waals surface area contributed by atoms with Gasteiger partial charge in [0.05, 0.1) is 16.8 Å². The van der Waals surface area contributed by atoms with Crippen LogP contribution in [0.15, 0.2) is 39.0 Å². The number of nitrogens with two attached hydrogens (primary N) is 1. The Hall–Kier alpha value is -3.34. The van der Waals surface area contributed by atoms with E-state index in [1.165, 1.54) is 14.1 Å². The molecular formula is C16H15N7O3S. The summed E-state index contributed by atoms with van der Waals surface area (Å²) < 4.78 is 3.75. The number of aromatic amines is 1. The molecule has 0 spiro atoms. The summed E-state index contributed by atoms with van der Waals surface area (Å²) in [6.07, 6.45) is 0. The Balaban J connectivity index is 1.69. The minimum Gasteiger partial charge on any atom is -0.384 e. The van der Waals surface area contributed by atoms with Crippen LogP contribution in [0.1, 0.15) is 10.4 Å². The molecule has 138 valence electrons. The summed E-state index contributed by atoms with van der Waals surface area (Å²) in [7, 11) is 2.72. The highest BCUT2D eigenvalue weighted by molar-refractivity contribution is 7.99. The van der Waals surface area contributed by atoms with E-state index in [0.717, 1.165) is 31.9 Å². The van der Waals surface area contributed by atoms with Crippen LogP contribution in [0.5, 0.6) is 0 Å². The summed E-state index contributed by atoms with van der Waals surface area (Å²) in [5.41, 5.74) is 6.00. The summed E-state index contributed by atoms with van der Waals surface area (Å²) in [5.74, 6) is -0.128. The minimum absolute atomic E-state index is 0.0654. The van der Waals surface area contributed by atoms with Gasteiger partial charge in [0.2, 0.25) is 5.78 Å². The van der Waals surface area contributed by atoms with Crippen molar-refractivity contribution in [1.29, 1.82) is 0 Å². The van der Waals surface area contributed by atoms with Gasteiger partial charge in [-0.15, -0.1) is 5.10 Å². The van der Waals surface area contributed by atoms with Gasteiger partial charge in [-0.2, -0.15) is 0 Å². The highest BCUT2D eigenvalue weighted by atomic mass is 32.2. The lowest BCUT2D eigenvalue weighted by Crippen LogP contribution is -2.41. The van der Waals surface area contributed by atoms with Crippen LogP contribution in [-0.4, -0.2) is 40.3 Å². The molecule has 11 heteroatoms. The van der Waals surface area contributed by atoms with Gasteiger partial charge in [0.15, 0.2) is 10.9 Å². The first-order valence-electron chi connectivity index (χ1n) is 7.93. The molecule has 0 fully saturated rings. The van der Waals surface area contributed by atoms with E-state index in [0.29, 0.717) is 10.9 Å². The summed E-state index contributed by atoms with van der Waals surface area (Å²) in [6.45, 7) is 0. The second-order valence-corrected chi connectivity index (χ2v) is 6.89. The number of carbonyl (C=O) groups is 1. The number of Topliss-reactive ketones (excluding diaryl/α,β-unsaturated/α-hetero) is 1. The maximum Gasteiger partial charge on any atom is 0.332 e. The van der Waals surface area contributed by atoms with Gasteiger partial charge in [0.1, 0.15) is 11.4 Å². The number of rotatable bonds is 4. The van der Waals surface area contributed by atoms with Crippen molar-refractivity contribution in [1.82, 2.24) is 28.7 Å². The van der Waals surface area contributed by atoms with Gasteiger partial charge < -0.3 is 5.73 Å². The SMILES string of the molecule is Cn1c(N)c(C(=O)CSc2n[nH]c3nc4ccccc4n23)c(=O)n(C)c1=O. The number of nitrogen functional groups attached to an aromatic ring is 1. The van der Waals surface area contributed by atoms with Crippen molar-refractivity contribution in [2.24, 2.45) is 14.1 Å². The lowest BCUT2D eigenvalue weighted by Gasteiger charge is -2.10. The second kappa shape index (κ2) is 6.13. The third-order valence-electron chi connectivity index (χ3n) is 4.32. The number of para-hydroxylation sites is 2. The second-order valence-electron chi connectivity index (χ2n) is 5.94. The Labute approximate surface area is 155 Å². The van der Waals surface area contributed by atoms with Gasteiger partial charge in [-0.05, 0) is 12.1 Å². The minimum atomic E-state index is -0.707. The zero-order valence-electron chi connectivity index (χ0n) is 14.5. The highest BCUT2D eigenvalue weighted by Crippen LogP contribution is 2.23. The molecule has 10 nitrogen and oxygen atoms in total. The van der Waals surface area contributed by atoms with Crippen molar-refractivity contribution < 1.29 is 4.79 Å². The van der Waals surface area contributed by atoms with Crippen molar-refractivity contribution in [2.75, 3.05) is 11.5 Å². The van der Waals surface area contributed by atoms with Gasteiger partial charge in [-0.25, -0.2) is 14.9 Å². The van der Waals surface area contributed by atoms with Crippen molar-refractivity contribution in [3.8, 4) is 0 Å². The quantitative estimate of drug-likeness (QED) is 0.378. The number of carbonyl (C=O) groups excluding carboxylic acids is 1. The molecule has 0 saturated heterocycles. The number of imidazole rings is 1. The van der Waals surface area contributed by atoms with Crippen molar-refractivity contribution in [3.63, 3.8) is 0 Å². The van der Waals surface area contributed by atoms with Gasteiger partial charge in [0.25, 0.3) is 5.56 Å². The van der Waals surface area contributed by atoms with E-state index in [4.69, 9.17) is 5.73 Å². The third-order valence-corrected chi connectivity index (χ3v) is 5.26. The molecule has 4 aromatic rings. The van der Waals surface area contributed by atoms with Crippen molar-refractivity contribution >= 4 is 40.2 Å². The number of nitrogens with one attached hydrogen (secondary N) is 1. The number of H-pyrrole nitrogens is 1. The molecule has 0 aliphatic rings. The first-order valence-corrected chi connectivity index (χ1v) is 8.91. The summed E-state index contributed by atoms with van der Waals surface area (Å²) in [5, 5.41) is 7.54. The Morgan fingerprint density at radius 3 is 2.74 bits per heavy atom. The fourth-order valence-electron chi connectivity index (χ4n) is 2.86. The smallest absolute Gasteiger partial charge is 0.332 e. The van der Waals surface area contributed by atoms with E-state index >= 15 is 0 Å². The molecule has 0 unspecified atom stereocenters. The third kappa shape index (κ3) is 2.54. The van der Waals surface area contributed by atoms with Crippen LogP contribution in [0.4, 0.5) is 5.82 Å². The first-order chi connectivity index (χ1) is 12.9. The number of nitrogens with zero attached hydrogens (tertiary/aromatic N) is 5. The molecule has 4 rings (SSSR count). The van der Waals surface area contributed by atoms with Gasteiger partial charge in [-0.1, -0.05) is 23.9 Å². The summed E-state index contributed by atoms with van der Waals surface area (Å²) >= 11 is 1.15. The highest BCUT2D eigenvalue weighted by Gasteiger charge is 2.21. The number of anilines is 1. The molecule has 0 aliphatic carbocycles. The molecule has 0 saturated carbocycles. The van der Waals surface area contributed by atoms with E-state index in [2.05, 4.69) is 15.2 Å². The molecule has 3 N–H and O–H groups in total. The van der Waals surface area contributed by atoms with Crippen LogP contribution < -0.4 is 17.0 Å². The Morgan fingerprint density at radius 2 is 1.96 bits per heavy atom. The van der Waals surface area contributed by atoms with Crippen LogP contribution in [-0.2, 0) is 14.1 Å². The predicted molar refractivity (Wildman–Crippen MR) is 101 cm³/mol. The topological polar surface area (TPSA) is 133 Å². The lowest BCUT2D eigenvalue weighted by atomic mass is 10.2. The summed E-state index contributed by atoms with van der Waals surface area (Å²) in [4.78, 5) is 41.3. The van der Waals surface area contributed by atoms with Crippen molar-refractivity contribution in [3.05, 3.63) is 50.7 Å². The van der Waals surface area contributed by atoms with Crippen LogP contribution in [0, 0.1) is 0 Å². The van der Waals surface area contributed by atoms with Gasteiger partial charge in [0, 0.05) is 14.1 Å². The molecule has 0 bridgehead atoms.